The number of halogens is 3. The molecule has 3 N–H and O–H groups in total. The minimum absolute atomic E-state index is 0.0428. The molecule has 0 fully saturated rings. The van der Waals surface area contributed by atoms with Crippen molar-refractivity contribution in [1.82, 2.24) is 20.1 Å². The van der Waals surface area contributed by atoms with Gasteiger partial charge in [-0.15, -0.1) is 0 Å². The van der Waals surface area contributed by atoms with Crippen molar-refractivity contribution in [2.24, 2.45) is 5.41 Å². The molecule has 0 saturated heterocycles. The summed E-state index contributed by atoms with van der Waals surface area (Å²) >= 11 is 0. The highest BCUT2D eigenvalue weighted by atomic mass is 19.4. The van der Waals surface area contributed by atoms with Gasteiger partial charge in [-0.2, -0.15) is 18.3 Å². The molecule has 1 atom stereocenters. The van der Waals surface area contributed by atoms with Gasteiger partial charge in [0.05, 0.1) is 36.1 Å². The third-order valence-electron chi connectivity index (χ3n) is 5.20. The summed E-state index contributed by atoms with van der Waals surface area (Å²) in [5, 5.41) is 18.4. The second-order valence-corrected chi connectivity index (χ2v) is 9.04. The van der Waals surface area contributed by atoms with Gasteiger partial charge in [-0.25, -0.2) is 9.67 Å². The number of carbonyl (C=O) groups is 2. The average Bonchev–Trinajstić information content (AvgIpc) is 3.28. The summed E-state index contributed by atoms with van der Waals surface area (Å²) in [5.74, 6) is -1.10. The molecule has 186 valence electrons. The molecule has 8 nitrogen and oxygen atoms in total. The zero-order chi connectivity index (χ0) is 25.8. The van der Waals surface area contributed by atoms with Gasteiger partial charge in [-0.1, -0.05) is 32.9 Å². The molecule has 2 aromatic heterocycles. The van der Waals surface area contributed by atoms with Crippen LogP contribution in [0.5, 0.6) is 0 Å². The van der Waals surface area contributed by atoms with E-state index >= 15 is 0 Å². The van der Waals surface area contributed by atoms with Crippen molar-refractivity contribution < 1.29 is 27.9 Å². The number of carbonyl (C=O) groups excluding carboxylic acids is 1. The third kappa shape index (κ3) is 6.81. The van der Waals surface area contributed by atoms with E-state index in [-0.39, 0.29) is 36.1 Å². The molecule has 11 heteroatoms. The summed E-state index contributed by atoms with van der Waals surface area (Å²) in [7, 11) is 0. The molecule has 2 heterocycles. The van der Waals surface area contributed by atoms with Crippen molar-refractivity contribution in [2.45, 2.75) is 39.4 Å². The Morgan fingerprint density at radius 3 is 2.26 bits per heavy atom. The Hall–Kier alpha value is -3.89. The molecular weight excluding hydrogens is 463 g/mol. The van der Waals surface area contributed by atoms with Gasteiger partial charge in [0.1, 0.15) is 0 Å². The molecule has 0 unspecified atom stereocenters. The number of pyridine rings is 1. The first-order valence-electron chi connectivity index (χ1n) is 10.8. The zero-order valence-electron chi connectivity index (χ0n) is 19.4. The normalized spacial score (nSPS) is 12.7. The number of hydrogen-bond donors (Lipinski definition) is 3. The van der Waals surface area contributed by atoms with Crippen LogP contribution in [0.4, 0.5) is 18.9 Å². The lowest BCUT2D eigenvalue weighted by Crippen LogP contribution is -2.27. The summed E-state index contributed by atoms with van der Waals surface area (Å²) < 4.78 is 39.5. The number of amides is 1. The molecule has 0 saturated carbocycles. The second kappa shape index (κ2) is 10.2. The number of nitrogens with zero attached hydrogens (tertiary/aromatic N) is 3. The predicted molar refractivity (Wildman–Crippen MR) is 123 cm³/mol. The summed E-state index contributed by atoms with van der Waals surface area (Å²) in [6, 6.07) is 10.1. The van der Waals surface area contributed by atoms with E-state index in [0.29, 0.717) is 11.3 Å². The molecule has 0 aliphatic carbocycles. The van der Waals surface area contributed by atoms with Crippen LogP contribution in [0.25, 0.3) is 5.82 Å². The van der Waals surface area contributed by atoms with E-state index in [1.54, 1.807) is 24.3 Å². The maximum atomic E-state index is 12.8. The van der Waals surface area contributed by atoms with Crippen molar-refractivity contribution in [3.8, 4) is 5.82 Å². The molecule has 0 aliphatic rings. The van der Waals surface area contributed by atoms with E-state index in [1.165, 1.54) is 6.20 Å². The Morgan fingerprint density at radius 1 is 1.06 bits per heavy atom. The largest absolute Gasteiger partial charge is 0.481 e. The van der Waals surface area contributed by atoms with Crippen LogP contribution < -0.4 is 10.6 Å². The molecule has 3 rings (SSSR count). The highest BCUT2D eigenvalue weighted by molar-refractivity contribution is 5.94. The Labute approximate surface area is 200 Å². The number of hydrogen-bond acceptors (Lipinski definition) is 5. The van der Waals surface area contributed by atoms with Crippen LogP contribution in [0.3, 0.4) is 0 Å². The summed E-state index contributed by atoms with van der Waals surface area (Å²) in [6.45, 7) is 6.17. The van der Waals surface area contributed by atoms with Crippen molar-refractivity contribution in [3.63, 3.8) is 0 Å². The smallest absolute Gasteiger partial charge is 0.419 e. The van der Waals surface area contributed by atoms with Gasteiger partial charge in [0.25, 0.3) is 5.91 Å². The van der Waals surface area contributed by atoms with Gasteiger partial charge in [0, 0.05) is 18.3 Å². The summed E-state index contributed by atoms with van der Waals surface area (Å²) in [4.78, 5) is 27.0. The van der Waals surface area contributed by atoms with Crippen LogP contribution in [0, 0.1) is 5.41 Å². The van der Waals surface area contributed by atoms with E-state index in [4.69, 9.17) is 5.11 Å². The maximum absolute atomic E-state index is 12.8. The lowest BCUT2D eigenvalue weighted by Gasteiger charge is -2.33. The molecule has 0 spiro atoms. The van der Waals surface area contributed by atoms with Crippen molar-refractivity contribution in [2.75, 3.05) is 11.9 Å². The van der Waals surface area contributed by atoms with Crippen molar-refractivity contribution in [3.05, 3.63) is 71.7 Å². The predicted octanol–water partition coefficient (Wildman–Crippen LogP) is 4.69. The number of carboxylic acid groups (broad SMARTS) is 1. The lowest BCUT2D eigenvalue weighted by molar-refractivity contribution is -0.138. The van der Waals surface area contributed by atoms with E-state index < -0.39 is 17.7 Å². The minimum Gasteiger partial charge on any atom is -0.481 e. The number of aliphatic carboxylic acids is 1. The number of benzene rings is 1. The number of aromatic nitrogens is 3. The number of rotatable bonds is 8. The number of nitrogens with one attached hydrogen (secondary N) is 2. The van der Waals surface area contributed by atoms with E-state index in [1.807, 2.05) is 32.9 Å². The Morgan fingerprint density at radius 2 is 1.74 bits per heavy atom. The standard InChI is InChI=1S/C24H26F3N5O3/c1-23(2,3)21(15-4-6-16(7-5-15)22(35)28-11-10-20(33)34)31-18-8-9-19(29-13-18)32-14-17(12-30-32)24(25,26)27/h4-9,12-14,21,31H,10-11H2,1-3H3,(H,28,35)(H,33,34)/t21-/m0/s1. The molecule has 0 bridgehead atoms. The fourth-order valence-corrected chi connectivity index (χ4v) is 3.38. The number of anilines is 1. The number of alkyl halides is 3. The van der Waals surface area contributed by atoms with Gasteiger partial charge in [-0.05, 0) is 35.2 Å². The highest BCUT2D eigenvalue weighted by Gasteiger charge is 2.32. The Bertz CT molecular complexity index is 1170. The van der Waals surface area contributed by atoms with Gasteiger partial charge < -0.3 is 15.7 Å². The molecule has 1 amide bonds. The first-order valence-corrected chi connectivity index (χ1v) is 10.8. The summed E-state index contributed by atoms with van der Waals surface area (Å²) in [5.41, 5.74) is 0.884. The van der Waals surface area contributed by atoms with Crippen LogP contribution in [0.2, 0.25) is 0 Å². The van der Waals surface area contributed by atoms with Gasteiger partial charge in [-0.3, -0.25) is 9.59 Å². The number of carboxylic acids is 1. The van der Waals surface area contributed by atoms with Crippen LogP contribution in [-0.4, -0.2) is 38.3 Å². The fraction of sp³-hybridized carbons (Fsp3) is 0.333. The molecular formula is C24H26F3N5O3. The van der Waals surface area contributed by atoms with Crippen LogP contribution in [0.15, 0.2) is 55.0 Å². The Kier molecular flexibility index (Phi) is 7.47. The first-order chi connectivity index (χ1) is 16.3. The van der Waals surface area contributed by atoms with Gasteiger partial charge >= 0.3 is 12.1 Å². The zero-order valence-corrected chi connectivity index (χ0v) is 19.4. The van der Waals surface area contributed by atoms with E-state index in [0.717, 1.165) is 22.6 Å². The third-order valence-corrected chi connectivity index (χ3v) is 5.20. The van der Waals surface area contributed by atoms with Gasteiger partial charge in [0.15, 0.2) is 5.82 Å². The second-order valence-electron chi connectivity index (χ2n) is 9.04. The van der Waals surface area contributed by atoms with Crippen LogP contribution in [-0.2, 0) is 11.0 Å². The van der Waals surface area contributed by atoms with Crippen molar-refractivity contribution >= 4 is 17.6 Å². The Balaban J connectivity index is 1.73. The minimum atomic E-state index is -4.48. The SMILES string of the molecule is CC(C)(C)[C@@H](Nc1ccc(-n2cc(C(F)(F)F)cn2)nc1)c1ccc(C(=O)NCCC(=O)O)cc1. The molecule has 0 aliphatic heterocycles. The van der Waals surface area contributed by atoms with Gasteiger partial charge in [0.2, 0.25) is 0 Å². The quantitative estimate of drug-likeness (QED) is 0.424. The van der Waals surface area contributed by atoms with Crippen LogP contribution >= 0.6 is 0 Å². The molecule has 35 heavy (non-hydrogen) atoms. The van der Waals surface area contributed by atoms with Crippen molar-refractivity contribution in [1.29, 1.82) is 0 Å². The molecule has 3 aromatic rings. The van der Waals surface area contributed by atoms with E-state index in [2.05, 4.69) is 20.7 Å². The molecule has 1 aromatic carbocycles. The highest BCUT2D eigenvalue weighted by Crippen LogP contribution is 2.36. The lowest BCUT2D eigenvalue weighted by atomic mass is 9.82. The summed E-state index contributed by atoms with van der Waals surface area (Å²) in [6.07, 6.45) is -1.48. The average molecular weight is 489 g/mol. The topological polar surface area (TPSA) is 109 Å². The van der Waals surface area contributed by atoms with Crippen LogP contribution in [0.1, 0.15) is 54.7 Å². The fourth-order valence-electron chi connectivity index (χ4n) is 3.38. The monoisotopic (exact) mass is 489 g/mol. The maximum Gasteiger partial charge on any atom is 0.419 e. The molecule has 0 radical (unpaired) electrons. The van der Waals surface area contributed by atoms with E-state index in [9.17, 15) is 22.8 Å². The first kappa shape index (κ1) is 25.7.